The molecule has 130 valence electrons. The molecule has 1 saturated heterocycles. The zero-order valence-corrected chi connectivity index (χ0v) is 14.4. The second-order valence-corrected chi connectivity index (χ2v) is 6.35. The molecule has 1 aromatic heterocycles. The normalized spacial score (nSPS) is 20.0. The maximum absolute atomic E-state index is 12.3. The summed E-state index contributed by atoms with van der Waals surface area (Å²) in [5.41, 5.74) is 3.09. The van der Waals surface area contributed by atoms with Gasteiger partial charge in [-0.05, 0) is 40.1 Å². The Hall–Kier alpha value is -2.82. The number of hydrogen-bond donors (Lipinski definition) is 1. The largest absolute Gasteiger partial charge is 0.367 e. The number of nitrogens with one attached hydrogen (secondary N) is 1. The molecule has 0 bridgehead atoms. The zero-order valence-electron chi connectivity index (χ0n) is 14.4. The van der Waals surface area contributed by atoms with Crippen LogP contribution in [0.2, 0.25) is 0 Å². The van der Waals surface area contributed by atoms with Crippen molar-refractivity contribution < 1.29 is 9.53 Å². The fourth-order valence-electron chi connectivity index (χ4n) is 3.51. The highest BCUT2D eigenvalue weighted by atomic mass is 16.5. The first kappa shape index (κ1) is 16.6. The minimum atomic E-state index is -0.567. The summed E-state index contributed by atoms with van der Waals surface area (Å²) in [4.78, 5) is 16.6. The lowest BCUT2D eigenvalue weighted by Gasteiger charge is -2.32. The summed E-state index contributed by atoms with van der Waals surface area (Å²) < 4.78 is 5.76. The second-order valence-electron chi connectivity index (χ2n) is 6.35. The lowest BCUT2D eigenvalue weighted by Crippen LogP contribution is -2.45. The van der Waals surface area contributed by atoms with E-state index in [1.165, 1.54) is 16.8 Å². The Morgan fingerprint density at radius 1 is 1.19 bits per heavy atom. The molecule has 1 aliphatic heterocycles. The number of hydrogen-bond acceptors (Lipinski definition) is 4. The SMILES string of the molecule is C=CC(=O)C1OCCNC1c1ccncc1-c1ccc2ccccc2c1. The van der Waals surface area contributed by atoms with E-state index < -0.39 is 6.10 Å². The molecule has 4 rings (SSSR count). The Kier molecular flexibility index (Phi) is 4.61. The third-order valence-corrected chi connectivity index (χ3v) is 4.80. The molecule has 2 aromatic carbocycles. The van der Waals surface area contributed by atoms with Crippen molar-refractivity contribution in [1.82, 2.24) is 10.3 Å². The Morgan fingerprint density at radius 2 is 2.04 bits per heavy atom. The van der Waals surface area contributed by atoms with Gasteiger partial charge < -0.3 is 10.1 Å². The lowest BCUT2D eigenvalue weighted by molar-refractivity contribution is -0.130. The Morgan fingerprint density at radius 3 is 2.88 bits per heavy atom. The standard InChI is InChI=1S/C22H20N2O2/c1-2-20(25)22-21(24-11-12-26-22)18-9-10-23-14-19(18)17-8-7-15-5-3-4-6-16(15)13-17/h2-10,13-14,21-22,24H,1,11-12H2. The number of aromatic nitrogens is 1. The molecule has 4 nitrogen and oxygen atoms in total. The van der Waals surface area contributed by atoms with Gasteiger partial charge in [-0.2, -0.15) is 0 Å². The fourth-order valence-corrected chi connectivity index (χ4v) is 3.51. The number of carbonyl (C=O) groups is 1. The molecule has 1 N–H and O–H groups in total. The molecule has 1 aliphatic rings. The number of carbonyl (C=O) groups excluding carboxylic acids is 1. The molecule has 0 saturated carbocycles. The maximum Gasteiger partial charge on any atom is 0.185 e. The Labute approximate surface area is 152 Å². The molecule has 2 heterocycles. The number of nitrogens with zero attached hydrogens (tertiary/aromatic N) is 1. The van der Waals surface area contributed by atoms with Crippen molar-refractivity contribution in [3.8, 4) is 11.1 Å². The molecule has 4 heteroatoms. The molecular weight excluding hydrogens is 324 g/mol. The quantitative estimate of drug-likeness (QED) is 0.734. The van der Waals surface area contributed by atoms with Gasteiger partial charge >= 0.3 is 0 Å². The summed E-state index contributed by atoms with van der Waals surface area (Å²) in [5, 5.41) is 5.79. The first-order valence-electron chi connectivity index (χ1n) is 8.72. The molecular formula is C22H20N2O2. The number of pyridine rings is 1. The molecule has 0 amide bonds. The smallest absolute Gasteiger partial charge is 0.185 e. The highest BCUT2D eigenvalue weighted by Crippen LogP contribution is 2.33. The van der Waals surface area contributed by atoms with Crippen LogP contribution in [0.4, 0.5) is 0 Å². The lowest BCUT2D eigenvalue weighted by atomic mass is 9.90. The molecule has 0 radical (unpaired) electrons. The van der Waals surface area contributed by atoms with Crippen LogP contribution < -0.4 is 5.32 Å². The van der Waals surface area contributed by atoms with Crippen molar-refractivity contribution in [3.63, 3.8) is 0 Å². The van der Waals surface area contributed by atoms with E-state index in [4.69, 9.17) is 4.74 Å². The number of rotatable bonds is 4. The Balaban J connectivity index is 1.80. The molecule has 1 fully saturated rings. The summed E-state index contributed by atoms with van der Waals surface area (Å²) in [5.74, 6) is -0.108. The molecule has 2 unspecified atom stereocenters. The van der Waals surface area contributed by atoms with Crippen molar-refractivity contribution in [3.05, 3.63) is 79.1 Å². The minimum Gasteiger partial charge on any atom is -0.367 e. The van der Waals surface area contributed by atoms with Gasteiger partial charge in [-0.15, -0.1) is 0 Å². The summed E-state index contributed by atoms with van der Waals surface area (Å²) >= 11 is 0. The maximum atomic E-state index is 12.3. The second kappa shape index (κ2) is 7.20. The van der Waals surface area contributed by atoms with E-state index in [0.717, 1.165) is 16.7 Å². The van der Waals surface area contributed by atoms with Crippen LogP contribution in [-0.2, 0) is 9.53 Å². The zero-order chi connectivity index (χ0) is 17.9. The van der Waals surface area contributed by atoms with E-state index in [9.17, 15) is 4.79 Å². The van der Waals surface area contributed by atoms with Crippen molar-refractivity contribution in [2.45, 2.75) is 12.1 Å². The van der Waals surface area contributed by atoms with E-state index in [-0.39, 0.29) is 11.8 Å². The average Bonchev–Trinajstić information content (AvgIpc) is 2.73. The van der Waals surface area contributed by atoms with E-state index in [1.54, 1.807) is 6.20 Å². The summed E-state index contributed by atoms with van der Waals surface area (Å²) in [6.45, 7) is 4.82. The Bertz CT molecular complexity index is 967. The van der Waals surface area contributed by atoms with Gasteiger partial charge in [0.15, 0.2) is 5.78 Å². The van der Waals surface area contributed by atoms with E-state index in [2.05, 4.69) is 47.2 Å². The average molecular weight is 344 g/mol. The van der Waals surface area contributed by atoms with Gasteiger partial charge in [0.05, 0.1) is 12.6 Å². The molecule has 26 heavy (non-hydrogen) atoms. The third kappa shape index (κ3) is 3.05. The first-order valence-corrected chi connectivity index (χ1v) is 8.72. The van der Waals surface area contributed by atoms with Crippen molar-refractivity contribution in [2.75, 3.05) is 13.2 Å². The third-order valence-electron chi connectivity index (χ3n) is 4.80. The van der Waals surface area contributed by atoms with Crippen molar-refractivity contribution in [1.29, 1.82) is 0 Å². The number of ether oxygens (including phenoxy) is 1. The van der Waals surface area contributed by atoms with Crippen LogP contribution in [0, 0.1) is 0 Å². The first-order chi connectivity index (χ1) is 12.8. The number of morpholine rings is 1. The monoisotopic (exact) mass is 344 g/mol. The van der Waals surface area contributed by atoms with Gasteiger partial charge in [0.1, 0.15) is 6.10 Å². The van der Waals surface area contributed by atoms with E-state index in [0.29, 0.717) is 13.2 Å². The van der Waals surface area contributed by atoms with Crippen LogP contribution >= 0.6 is 0 Å². The van der Waals surface area contributed by atoms with Crippen LogP contribution in [0.25, 0.3) is 21.9 Å². The topological polar surface area (TPSA) is 51.2 Å². The van der Waals surface area contributed by atoms with Gasteiger partial charge in [-0.3, -0.25) is 9.78 Å². The highest BCUT2D eigenvalue weighted by molar-refractivity contribution is 5.94. The fraction of sp³-hybridized carbons (Fsp3) is 0.182. The van der Waals surface area contributed by atoms with Crippen LogP contribution in [0.1, 0.15) is 11.6 Å². The van der Waals surface area contributed by atoms with E-state index in [1.807, 2.05) is 24.4 Å². The van der Waals surface area contributed by atoms with Gasteiger partial charge in [-0.1, -0.05) is 43.0 Å². The summed E-state index contributed by atoms with van der Waals surface area (Å²) in [7, 11) is 0. The molecule has 0 spiro atoms. The highest BCUT2D eigenvalue weighted by Gasteiger charge is 2.33. The molecule has 0 aliphatic carbocycles. The van der Waals surface area contributed by atoms with Crippen LogP contribution in [-0.4, -0.2) is 30.0 Å². The number of benzene rings is 2. The van der Waals surface area contributed by atoms with Gasteiger partial charge in [-0.25, -0.2) is 0 Å². The van der Waals surface area contributed by atoms with Gasteiger partial charge in [0.25, 0.3) is 0 Å². The summed E-state index contributed by atoms with van der Waals surface area (Å²) in [6, 6.07) is 16.4. The van der Waals surface area contributed by atoms with Gasteiger partial charge in [0.2, 0.25) is 0 Å². The van der Waals surface area contributed by atoms with Crippen molar-refractivity contribution >= 4 is 16.6 Å². The molecule has 2 atom stereocenters. The molecule has 3 aromatic rings. The number of fused-ring (bicyclic) bond motifs is 1. The van der Waals surface area contributed by atoms with Crippen LogP contribution in [0.15, 0.2) is 73.6 Å². The predicted molar refractivity (Wildman–Crippen MR) is 103 cm³/mol. The van der Waals surface area contributed by atoms with Gasteiger partial charge in [0, 0.05) is 24.5 Å². The van der Waals surface area contributed by atoms with Crippen molar-refractivity contribution in [2.24, 2.45) is 0 Å². The van der Waals surface area contributed by atoms with E-state index >= 15 is 0 Å². The minimum absolute atomic E-state index is 0.108. The van der Waals surface area contributed by atoms with Crippen LogP contribution in [0.5, 0.6) is 0 Å². The van der Waals surface area contributed by atoms with Crippen LogP contribution in [0.3, 0.4) is 0 Å². The predicted octanol–water partition coefficient (Wildman–Crippen LogP) is 3.69. The number of ketones is 1. The summed E-state index contributed by atoms with van der Waals surface area (Å²) in [6.07, 6.45) is 4.38.